The fraction of sp³-hybridized carbons (Fsp3) is 0.364. The Hall–Kier alpha value is -2.19. The predicted octanol–water partition coefficient (Wildman–Crippen LogP) is 5.03. The van der Waals surface area contributed by atoms with E-state index in [9.17, 15) is 13.2 Å². The second-order valence-electron chi connectivity index (χ2n) is 7.99. The largest absolute Gasteiger partial charge is 0.324 e. The number of hydrogen-bond acceptors (Lipinski definition) is 4. The summed E-state index contributed by atoms with van der Waals surface area (Å²) < 4.78 is 24.4. The quantitative estimate of drug-likeness (QED) is 0.507. The Labute approximate surface area is 184 Å². The highest BCUT2D eigenvalue weighted by Crippen LogP contribution is 2.37. The number of carbonyl (C=O) groups excluding carboxylic acids is 1. The van der Waals surface area contributed by atoms with Crippen molar-refractivity contribution < 1.29 is 13.2 Å². The molecular formula is C22H24BrN3O3S. The van der Waals surface area contributed by atoms with E-state index in [1.165, 1.54) is 19.1 Å². The summed E-state index contributed by atoms with van der Waals surface area (Å²) in [6, 6.07) is 12.5. The number of rotatable bonds is 6. The van der Waals surface area contributed by atoms with Crippen LogP contribution < -0.4 is 5.32 Å². The number of halogens is 1. The van der Waals surface area contributed by atoms with Crippen LogP contribution in [-0.4, -0.2) is 30.5 Å². The van der Waals surface area contributed by atoms with Crippen LogP contribution in [0.15, 0.2) is 51.8 Å². The predicted molar refractivity (Wildman–Crippen MR) is 121 cm³/mol. The first-order valence-corrected chi connectivity index (χ1v) is 12.7. The molecule has 0 radical (unpaired) electrons. The number of aromatic amines is 1. The first-order chi connectivity index (χ1) is 14.3. The van der Waals surface area contributed by atoms with Gasteiger partial charge in [0.15, 0.2) is 9.84 Å². The molecule has 2 aromatic carbocycles. The first kappa shape index (κ1) is 21.1. The van der Waals surface area contributed by atoms with Crippen LogP contribution in [0.2, 0.25) is 0 Å². The number of nitrogens with zero attached hydrogens (tertiary/aromatic N) is 1. The zero-order chi connectivity index (χ0) is 21.3. The lowest BCUT2D eigenvalue weighted by Crippen LogP contribution is -2.24. The van der Waals surface area contributed by atoms with Gasteiger partial charge in [-0.3, -0.25) is 10.1 Å². The smallest absolute Gasteiger partial charge is 0.234 e. The SMILES string of the molecule is CS(=O)(=O)c1ccc(C(CC2CCCC2)C(=O)Nc2nc3ccccc3[nH]2)c(Br)c1. The minimum absolute atomic E-state index is 0.145. The summed E-state index contributed by atoms with van der Waals surface area (Å²) in [5, 5.41) is 2.93. The summed E-state index contributed by atoms with van der Waals surface area (Å²) in [6.07, 6.45) is 6.52. The number of benzene rings is 2. The second-order valence-corrected chi connectivity index (χ2v) is 10.9. The Morgan fingerprint density at radius 1 is 1.23 bits per heavy atom. The number of amides is 1. The van der Waals surface area contributed by atoms with Crippen molar-refractivity contribution in [2.75, 3.05) is 11.6 Å². The summed E-state index contributed by atoms with van der Waals surface area (Å²) in [5.74, 6) is 0.359. The highest BCUT2D eigenvalue weighted by Gasteiger charge is 2.29. The van der Waals surface area contributed by atoms with E-state index in [2.05, 4.69) is 31.2 Å². The molecule has 4 rings (SSSR count). The van der Waals surface area contributed by atoms with Crippen LogP contribution in [0.1, 0.15) is 43.6 Å². The van der Waals surface area contributed by atoms with Gasteiger partial charge in [-0.1, -0.05) is 59.8 Å². The van der Waals surface area contributed by atoms with Gasteiger partial charge >= 0.3 is 0 Å². The van der Waals surface area contributed by atoms with E-state index < -0.39 is 15.8 Å². The zero-order valence-corrected chi connectivity index (χ0v) is 19.1. The summed E-state index contributed by atoms with van der Waals surface area (Å²) in [5.41, 5.74) is 2.44. The molecule has 1 atom stereocenters. The summed E-state index contributed by atoms with van der Waals surface area (Å²) in [7, 11) is -3.32. The van der Waals surface area contributed by atoms with Gasteiger partial charge in [0.25, 0.3) is 0 Å². The van der Waals surface area contributed by atoms with E-state index in [1.54, 1.807) is 18.2 Å². The van der Waals surface area contributed by atoms with Crippen LogP contribution in [0.25, 0.3) is 11.0 Å². The minimum atomic E-state index is -3.32. The average Bonchev–Trinajstić information content (AvgIpc) is 3.34. The number of carbonyl (C=O) groups is 1. The summed E-state index contributed by atoms with van der Waals surface area (Å²) in [6.45, 7) is 0. The van der Waals surface area contributed by atoms with E-state index in [0.717, 1.165) is 35.9 Å². The molecule has 1 unspecified atom stereocenters. The maximum absolute atomic E-state index is 13.3. The van der Waals surface area contributed by atoms with E-state index >= 15 is 0 Å². The molecule has 3 aromatic rings. The molecule has 1 aliphatic rings. The van der Waals surface area contributed by atoms with Crippen molar-refractivity contribution in [1.29, 1.82) is 0 Å². The third kappa shape index (κ3) is 4.59. The van der Waals surface area contributed by atoms with Gasteiger partial charge in [-0.2, -0.15) is 0 Å². The molecule has 8 heteroatoms. The molecule has 2 N–H and O–H groups in total. The molecule has 1 saturated carbocycles. The molecule has 0 aliphatic heterocycles. The van der Waals surface area contributed by atoms with Crippen molar-refractivity contribution in [3.63, 3.8) is 0 Å². The Morgan fingerprint density at radius 3 is 2.63 bits per heavy atom. The number of fused-ring (bicyclic) bond motifs is 1. The van der Waals surface area contributed by atoms with Crippen molar-refractivity contribution in [2.24, 2.45) is 5.92 Å². The topological polar surface area (TPSA) is 91.9 Å². The van der Waals surface area contributed by atoms with Crippen molar-refractivity contribution in [3.05, 3.63) is 52.5 Å². The van der Waals surface area contributed by atoms with Gasteiger partial charge in [0.05, 0.1) is 21.8 Å². The van der Waals surface area contributed by atoms with Crippen LogP contribution in [0.5, 0.6) is 0 Å². The second kappa shape index (κ2) is 8.51. The van der Waals surface area contributed by atoms with Gasteiger partial charge in [0.2, 0.25) is 11.9 Å². The number of hydrogen-bond donors (Lipinski definition) is 2. The number of nitrogens with one attached hydrogen (secondary N) is 2. The normalized spacial score (nSPS) is 16.1. The highest BCUT2D eigenvalue weighted by atomic mass is 79.9. The van der Waals surface area contributed by atoms with Crippen molar-refractivity contribution in [2.45, 2.75) is 42.9 Å². The van der Waals surface area contributed by atoms with E-state index in [0.29, 0.717) is 16.3 Å². The Balaban J connectivity index is 1.64. The molecule has 0 spiro atoms. The minimum Gasteiger partial charge on any atom is -0.324 e. The molecule has 30 heavy (non-hydrogen) atoms. The summed E-state index contributed by atoms with van der Waals surface area (Å²) in [4.78, 5) is 21.1. The number of aromatic nitrogens is 2. The molecule has 6 nitrogen and oxygen atoms in total. The van der Waals surface area contributed by atoms with Crippen molar-refractivity contribution >= 4 is 48.7 Å². The number of anilines is 1. The van der Waals surface area contributed by atoms with Gasteiger partial charge in [-0.15, -0.1) is 0 Å². The molecule has 1 heterocycles. The van der Waals surface area contributed by atoms with Crippen LogP contribution in [0.4, 0.5) is 5.95 Å². The Bertz CT molecular complexity index is 1150. The molecule has 0 bridgehead atoms. The molecule has 1 fully saturated rings. The highest BCUT2D eigenvalue weighted by molar-refractivity contribution is 9.10. The van der Waals surface area contributed by atoms with Gasteiger partial charge in [0, 0.05) is 10.7 Å². The monoisotopic (exact) mass is 489 g/mol. The fourth-order valence-electron chi connectivity index (χ4n) is 4.19. The van der Waals surface area contributed by atoms with Crippen molar-refractivity contribution in [3.8, 4) is 0 Å². The molecule has 1 aromatic heterocycles. The standard InChI is InChI=1S/C22H24BrN3O3S/c1-30(28,29)15-10-11-16(18(23)13-15)17(12-14-6-2-3-7-14)21(27)26-22-24-19-8-4-5-9-20(19)25-22/h4-5,8-11,13-14,17H,2-3,6-7,12H2,1H3,(H2,24,25,26,27). The van der Waals surface area contributed by atoms with Crippen LogP contribution in [0, 0.1) is 5.92 Å². The molecule has 0 saturated heterocycles. The van der Waals surface area contributed by atoms with Crippen LogP contribution in [-0.2, 0) is 14.6 Å². The Kier molecular flexibility index (Phi) is 5.97. The maximum Gasteiger partial charge on any atom is 0.234 e. The van der Waals surface area contributed by atoms with E-state index in [1.807, 2.05) is 24.3 Å². The lowest BCUT2D eigenvalue weighted by atomic mass is 9.87. The number of imidazole rings is 1. The number of para-hydroxylation sites is 2. The number of H-pyrrole nitrogens is 1. The third-order valence-corrected chi connectivity index (χ3v) is 7.56. The lowest BCUT2D eigenvalue weighted by Gasteiger charge is -2.21. The van der Waals surface area contributed by atoms with Gasteiger partial charge < -0.3 is 4.98 Å². The van der Waals surface area contributed by atoms with Crippen LogP contribution >= 0.6 is 15.9 Å². The first-order valence-electron chi connectivity index (χ1n) is 10.1. The summed E-state index contributed by atoms with van der Waals surface area (Å²) >= 11 is 3.50. The molecular weight excluding hydrogens is 466 g/mol. The van der Waals surface area contributed by atoms with Gasteiger partial charge in [0.1, 0.15) is 0 Å². The molecule has 158 valence electrons. The molecule has 1 aliphatic carbocycles. The van der Waals surface area contributed by atoms with E-state index in [4.69, 9.17) is 0 Å². The maximum atomic E-state index is 13.3. The van der Waals surface area contributed by atoms with Gasteiger partial charge in [-0.25, -0.2) is 13.4 Å². The average molecular weight is 490 g/mol. The third-order valence-electron chi connectivity index (χ3n) is 5.77. The fourth-order valence-corrected chi connectivity index (χ4v) is 5.65. The molecule has 1 amide bonds. The van der Waals surface area contributed by atoms with Crippen LogP contribution in [0.3, 0.4) is 0 Å². The Morgan fingerprint density at radius 2 is 1.97 bits per heavy atom. The zero-order valence-electron chi connectivity index (χ0n) is 16.7. The van der Waals surface area contributed by atoms with Gasteiger partial charge in [-0.05, 0) is 42.2 Å². The lowest BCUT2D eigenvalue weighted by molar-refractivity contribution is -0.118. The number of sulfone groups is 1. The van der Waals surface area contributed by atoms with Crippen molar-refractivity contribution in [1.82, 2.24) is 9.97 Å². The van der Waals surface area contributed by atoms with E-state index in [-0.39, 0.29) is 10.8 Å².